The molecule has 9 heteroatoms. The number of rotatable bonds is 5. The van der Waals surface area contributed by atoms with Crippen molar-refractivity contribution in [2.24, 2.45) is 5.92 Å². The molecule has 6 nitrogen and oxygen atoms in total. The second kappa shape index (κ2) is 8.61. The summed E-state index contributed by atoms with van der Waals surface area (Å²) >= 11 is 17.8. The maximum Gasteiger partial charge on any atom is 0.338 e. The van der Waals surface area contributed by atoms with Gasteiger partial charge in [-0.2, -0.15) is 0 Å². The molecular weight excluding hydrogens is 439 g/mol. The minimum Gasteiger partial charge on any atom is -0.482 e. The highest BCUT2D eigenvalue weighted by molar-refractivity contribution is 6.35. The third kappa shape index (κ3) is 4.34. The Hall–Kier alpha value is -2.28. The summed E-state index contributed by atoms with van der Waals surface area (Å²) in [7, 11) is 0. The quantitative estimate of drug-likeness (QED) is 0.592. The maximum atomic E-state index is 13.0. The molecule has 1 aliphatic heterocycles. The Balaban J connectivity index is 1.83. The maximum absolute atomic E-state index is 13.0. The van der Waals surface area contributed by atoms with Crippen molar-refractivity contribution < 1.29 is 19.1 Å². The number of hydrogen-bond donors (Lipinski definition) is 0. The van der Waals surface area contributed by atoms with E-state index in [2.05, 4.69) is 0 Å². The van der Waals surface area contributed by atoms with E-state index in [1.165, 1.54) is 12.1 Å². The van der Waals surface area contributed by atoms with Crippen LogP contribution in [0.15, 0.2) is 42.5 Å². The molecule has 0 N–H and O–H groups in total. The molecule has 1 heterocycles. The van der Waals surface area contributed by atoms with E-state index in [1.807, 2.05) is 0 Å². The highest BCUT2D eigenvalue weighted by Gasteiger charge is 2.50. The predicted octanol–water partition coefficient (Wildman–Crippen LogP) is 5.05. The summed E-state index contributed by atoms with van der Waals surface area (Å²) in [6.07, 6.45) is 0. The zero-order valence-electron chi connectivity index (χ0n) is 15.6. The molecule has 2 aromatic rings. The first-order chi connectivity index (χ1) is 13.7. The zero-order valence-corrected chi connectivity index (χ0v) is 17.8. The van der Waals surface area contributed by atoms with E-state index in [1.54, 1.807) is 44.2 Å². The summed E-state index contributed by atoms with van der Waals surface area (Å²) < 4.78 is 5.45. The van der Waals surface area contributed by atoms with E-state index in [0.717, 1.165) is 9.80 Å². The van der Waals surface area contributed by atoms with Crippen LogP contribution in [-0.2, 0) is 9.59 Å². The van der Waals surface area contributed by atoms with E-state index >= 15 is 0 Å². The van der Waals surface area contributed by atoms with Crippen LogP contribution in [0.4, 0.5) is 10.5 Å². The standard InChI is InChI=1S/C20H17Cl3N2O4/c1-11(2)18-19(27)24(14-6-3-12(21)4-7-14)20(28)25(18)17(26)10-29-16-8-5-13(22)9-15(16)23/h3-9,11,18H,10H2,1-2H3. The molecular formula is C20H17Cl3N2O4. The van der Waals surface area contributed by atoms with Crippen LogP contribution in [0.5, 0.6) is 5.75 Å². The topological polar surface area (TPSA) is 66.9 Å². The molecule has 1 atom stereocenters. The number of carbonyl (C=O) groups is 3. The second-order valence-corrected chi connectivity index (χ2v) is 8.03. The van der Waals surface area contributed by atoms with E-state index < -0.39 is 30.5 Å². The minimum atomic E-state index is -0.935. The van der Waals surface area contributed by atoms with Gasteiger partial charge in [-0.15, -0.1) is 0 Å². The number of ether oxygens (including phenoxy) is 1. The van der Waals surface area contributed by atoms with Gasteiger partial charge in [0.15, 0.2) is 6.61 Å². The van der Waals surface area contributed by atoms with Gasteiger partial charge < -0.3 is 4.74 Å². The third-order valence-electron chi connectivity index (χ3n) is 4.38. The number of urea groups is 1. The fourth-order valence-corrected chi connectivity index (χ4v) is 3.63. The number of carbonyl (C=O) groups excluding carboxylic acids is 3. The van der Waals surface area contributed by atoms with Crippen molar-refractivity contribution >= 4 is 58.3 Å². The lowest BCUT2D eigenvalue weighted by Gasteiger charge is -2.22. The lowest BCUT2D eigenvalue weighted by Crippen LogP contribution is -2.45. The fourth-order valence-electron chi connectivity index (χ4n) is 3.04. The zero-order chi connectivity index (χ0) is 21.3. The Kier molecular flexibility index (Phi) is 6.36. The van der Waals surface area contributed by atoms with Crippen LogP contribution in [0.25, 0.3) is 0 Å². The number of benzene rings is 2. The van der Waals surface area contributed by atoms with Crippen molar-refractivity contribution in [1.29, 1.82) is 0 Å². The second-order valence-electron chi connectivity index (χ2n) is 6.75. The van der Waals surface area contributed by atoms with Crippen LogP contribution in [0.3, 0.4) is 0 Å². The smallest absolute Gasteiger partial charge is 0.338 e. The first-order valence-electron chi connectivity index (χ1n) is 8.74. The van der Waals surface area contributed by atoms with Gasteiger partial charge >= 0.3 is 6.03 Å². The van der Waals surface area contributed by atoms with Crippen LogP contribution in [0.2, 0.25) is 15.1 Å². The van der Waals surface area contributed by atoms with Crippen LogP contribution < -0.4 is 9.64 Å². The average molecular weight is 456 g/mol. The van der Waals surface area contributed by atoms with Gasteiger partial charge in [-0.25, -0.2) is 14.6 Å². The number of amides is 4. The Bertz CT molecular complexity index is 963. The van der Waals surface area contributed by atoms with Crippen LogP contribution in [0, 0.1) is 5.92 Å². The van der Waals surface area contributed by atoms with Crippen LogP contribution in [0.1, 0.15) is 13.8 Å². The first-order valence-corrected chi connectivity index (χ1v) is 9.87. The first kappa shape index (κ1) is 21.4. The predicted molar refractivity (Wildman–Crippen MR) is 112 cm³/mol. The molecule has 0 spiro atoms. The molecule has 29 heavy (non-hydrogen) atoms. The summed E-state index contributed by atoms with van der Waals surface area (Å²) in [5.74, 6) is -1.17. The molecule has 1 aliphatic rings. The van der Waals surface area contributed by atoms with Gasteiger partial charge in [0.1, 0.15) is 11.8 Å². The number of imide groups is 2. The normalized spacial score (nSPS) is 16.7. The Labute approximate surface area is 182 Å². The molecule has 1 fully saturated rings. The number of halogens is 3. The Morgan fingerprint density at radius 3 is 2.24 bits per heavy atom. The van der Waals surface area contributed by atoms with Crippen molar-refractivity contribution in [1.82, 2.24) is 4.90 Å². The molecule has 0 radical (unpaired) electrons. The third-order valence-corrected chi connectivity index (χ3v) is 5.16. The van der Waals surface area contributed by atoms with Gasteiger partial charge in [-0.1, -0.05) is 48.7 Å². The summed E-state index contributed by atoms with van der Waals surface area (Å²) in [4.78, 5) is 40.6. The summed E-state index contributed by atoms with van der Waals surface area (Å²) in [6.45, 7) is 3.06. The van der Waals surface area contributed by atoms with Gasteiger partial charge in [0.2, 0.25) is 0 Å². The van der Waals surface area contributed by atoms with Crippen molar-refractivity contribution in [3.63, 3.8) is 0 Å². The van der Waals surface area contributed by atoms with Crippen molar-refractivity contribution in [2.45, 2.75) is 19.9 Å². The van der Waals surface area contributed by atoms with Crippen molar-refractivity contribution in [2.75, 3.05) is 11.5 Å². The monoisotopic (exact) mass is 454 g/mol. The molecule has 0 aliphatic carbocycles. The molecule has 0 saturated carbocycles. The van der Waals surface area contributed by atoms with E-state index in [9.17, 15) is 14.4 Å². The van der Waals surface area contributed by atoms with Crippen molar-refractivity contribution in [3.05, 3.63) is 57.5 Å². The van der Waals surface area contributed by atoms with E-state index in [4.69, 9.17) is 39.5 Å². The average Bonchev–Trinajstić information content (AvgIpc) is 2.92. The minimum absolute atomic E-state index is 0.234. The molecule has 0 bridgehead atoms. The summed E-state index contributed by atoms with van der Waals surface area (Å²) in [5.41, 5.74) is 0.340. The fraction of sp³-hybridized carbons (Fsp3) is 0.250. The lowest BCUT2D eigenvalue weighted by molar-refractivity contribution is -0.135. The van der Waals surface area contributed by atoms with Crippen LogP contribution in [-0.4, -0.2) is 35.4 Å². The van der Waals surface area contributed by atoms with Gasteiger partial charge in [0.05, 0.1) is 10.7 Å². The van der Waals surface area contributed by atoms with Gasteiger partial charge in [0, 0.05) is 10.0 Å². The highest BCUT2D eigenvalue weighted by Crippen LogP contribution is 2.31. The number of nitrogens with zero attached hydrogens (tertiary/aromatic N) is 2. The summed E-state index contributed by atoms with van der Waals surface area (Å²) in [5, 5.41) is 1.12. The molecule has 0 aromatic heterocycles. The lowest BCUT2D eigenvalue weighted by atomic mass is 10.0. The number of hydrogen-bond acceptors (Lipinski definition) is 4. The summed E-state index contributed by atoms with van der Waals surface area (Å²) in [6, 6.07) is 9.14. The molecule has 4 amide bonds. The largest absolute Gasteiger partial charge is 0.482 e. The Morgan fingerprint density at radius 2 is 1.66 bits per heavy atom. The molecule has 3 rings (SSSR count). The van der Waals surface area contributed by atoms with Gasteiger partial charge in [-0.3, -0.25) is 9.59 Å². The van der Waals surface area contributed by atoms with Gasteiger partial charge in [-0.05, 0) is 48.4 Å². The molecule has 1 unspecified atom stereocenters. The molecule has 1 saturated heterocycles. The molecule has 152 valence electrons. The number of anilines is 1. The van der Waals surface area contributed by atoms with E-state index in [-0.39, 0.29) is 16.7 Å². The highest BCUT2D eigenvalue weighted by atomic mass is 35.5. The van der Waals surface area contributed by atoms with Crippen molar-refractivity contribution in [3.8, 4) is 5.75 Å². The SMILES string of the molecule is CC(C)C1C(=O)N(c2ccc(Cl)cc2)C(=O)N1C(=O)COc1ccc(Cl)cc1Cl. The van der Waals surface area contributed by atoms with E-state index in [0.29, 0.717) is 15.7 Å². The molecule has 2 aromatic carbocycles. The van der Waals surface area contributed by atoms with Gasteiger partial charge in [0.25, 0.3) is 11.8 Å². The Morgan fingerprint density at radius 1 is 1.03 bits per heavy atom. The van der Waals surface area contributed by atoms with Crippen LogP contribution >= 0.6 is 34.8 Å².